The Balaban J connectivity index is 1.72. The summed E-state index contributed by atoms with van der Waals surface area (Å²) in [4.78, 5) is 29.9. The molecule has 4 rings (SSSR count). The highest BCUT2D eigenvalue weighted by atomic mass is 79.9. The average molecular weight is 453 g/mol. The first-order valence-corrected chi connectivity index (χ1v) is 9.61. The number of hydrogen-bond acceptors (Lipinski definition) is 5. The Morgan fingerprint density at radius 1 is 1.14 bits per heavy atom. The van der Waals surface area contributed by atoms with E-state index < -0.39 is 12.1 Å². The van der Waals surface area contributed by atoms with E-state index in [1.807, 2.05) is 24.3 Å². The van der Waals surface area contributed by atoms with Gasteiger partial charge in [-0.25, -0.2) is 5.01 Å². The fraction of sp³-hybridized carbons (Fsp3) is 0.0952. The van der Waals surface area contributed by atoms with E-state index >= 15 is 0 Å². The number of nitrogens with one attached hydrogen (secondary N) is 2. The highest BCUT2D eigenvalue weighted by Gasteiger charge is 2.34. The summed E-state index contributed by atoms with van der Waals surface area (Å²) in [5.74, 6) is -0.0182. The highest BCUT2D eigenvalue weighted by Crippen LogP contribution is 2.34. The average Bonchev–Trinajstić information content (AvgIpc) is 2.76. The van der Waals surface area contributed by atoms with Crippen LogP contribution < -0.4 is 15.5 Å². The molecule has 29 heavy (non-hydrogen) atoms. The largest absolute Gasteiger partial charge is 0.497 e. The van der Waals surface area contributed by atoms with Gasteiger partial charge in [0.1, 0.15) is 11.9 Å². The number of carbonyl (C=O) groups is 2. The lowest BCUT2D eigenvalue weighted by atomic mass is 10.0. The van der Waals surface area contributed by atoms with Crippen molar-refractivity contribution < 1.29 is 14.3 Å². The smallest absolute Gasteiger partial charge is 0.276 e. The van der Waals surface area contributed by atoms with Crippen molar-refractivity contribution >= 4 is 33.4 Å². The van der Waals surface area contributed by atoms with Crippen LogP contribution in [0.15, 0.2) is 71.5 Å². The van der Waals surface area contributed by atoms with Gasteiger partial charge in [-0.3, -0.25) is 20.0 Å². The summed E-state index contributed by atoms with van der Waals surface area (Å²) in [6.45, 7) is 0. The fourth-order valence-corrected chi connectivity index (χ4v) is 3.45. The molecule has 2 amide bonds. The Morgan fingerprint density at radius 2 is 1.86 bits per heavy atom. The number of hydrogen-bond donors (Lipinski definition) is 2. The van der Waals surface area contributed by atoms with Crippen LogP contribution in [0.2, 0.25) is 0 Å². The normalized spacial score (nSPS) is 15.3. The molecule has 146 valence electrons. The first-order valence-electron chi connectivity index (χ1n) is 8.81. The second kappa shape index (κ2) is 7.92. The fourth-order valence-electron chi connectivity index (χ4n) is 3.09. The van der Waals surface area contributed by atoms with E-state index in [2.05, 4.69) is 31.7 Å². The van der Waals surface area contributed by atoms with Crippen molar-refractivity contribution in [1.82, 2.24) is 15.4 Å². The number of fused-ring (bicyclic) bond motifs is 1. The summed E-state index contributed by atoms with van der Waals surface area (Å²) >= 11 is 3.39. The van der Waals surface area contributed by atoms with Gasteiger partial charge in [-0.15, -0.1) is 0 Å². The monoisotopic (exact) mass is 452 g/mol. The molecule has 0 spiro atoms. The molecule has 7 nitrogen and oxygen atoms in total. The van der Waals surface area contributed by atoms with Gasteiger partial charge in [0.15, 0.2) is 0 Å². The predicted octanol–water partition coefficient (Wildman–Crippen LogP) is 3.76. The van der Waals surface area contributed by atoms with Gasteiger partial charge < -0.3 is 10.1 Å². The predicted molar refractivity (Wildman–Crippen MR) is 111 cm³/mol. The van der Waals surface area contributed by atoms with Crippen LogP contribution in [0.3, 0.4) is 0 Å². The quantitative estimate of drug-likeness (QED) is 0.629. The molecule has 1 unspecified atom stereocenters. The number of anilines is 1. The van der Waals surface area contributed by atoms with E-state index in [0.29, 0.717) is 22.6 Å². The van der Waals surface area contributed by atoms with Crippen molar-refractivity contribution in [2.24, 2.45) is 0 Å². The summed E-state index contributed by atoms with van der Waals surface area (Å²) in [7, 11) is 1.59. The van der Waals surface area contributed by atoms with Gasteiger partial charge in [-0.2, -0.15) is 0 Å². The minimum Gasteiger partial charge on any atom is -0.497 e. The minimum absolute atomic E-state index is 0.316. The van der Waals surface area contributed by atoms with Crippen LogP contribution in [-0.4, -0.2) is 28.9 Å². The lowest BCUT2D eigenvalue weighted by Gasteiger charge is -2.37. The number of benzene rings is 2. The molecule has 1 atom stereocenters. The lowest BCUT2D eigenvalue weighted by Crippen LogP contribution is -2.52. The third-order valence-electron chi connectivity index (χ3n) is 4.58. The molecule has 2 N–H and O–H groups in total. The number of carbonyl (C=O) groups excluding carboxylic acids is 2. The van der Waals surface area contributed by atoms with Gasteiger partial charge in [-0.05, 0) is 48.0 Å². The van der Waals surface area contributed by atoms with Gasteiger partial charge in [0, 0.05) is 28.1 Å². The zero-order chi connectivity index (χ0) is 20.4. The van der Waals surface area contributed by atoms with Crippen molar-refractivity contribution in [3.05, 3.63) is 88.2 Å². The number of ether oxygens (including phenoxy) is 1. The Labute approximate surface area is 175 Å². The van der Waals surface area contributed by atoms with E-state index in [9.17, 15) is 9.59 Å². The molecule has 2 heterocycles. The van der Waals surface area contributed by atoms with Crippen LogP contribution >= 0.6 is 15.9 Å². The third-order valence-corrected chi connectivity index (χ3v) is 5.07. The van der Waals surface area contributed by atoms with Gasteiger partial charge in [-0.1, -0.05) is 28.1 Å². The molecule has 0 radical (unpaired) electrons. The van der Waals surface area contributed by atoms with E-state index in [1.54, 1.807) is 37.4 Å². The molecule has 0 aliphatic carbocycles. The number of rotatable bonds is 4. The van der Waals surface area contributed by atoms with Crippen LogP contribution in [0, 0.1) is 0 Å². The number of aromatic nitrogens is 1. The molecule has 2 aromatic carbocycles. The van der Waals surface area contributed by atoms with E-state index in [1.165, 1.54) is 17.4 Å². The van der Waals surface area contributed by atoms with Crippen molar-refractivity contribution in [3.8, 4) is 5.75 Å². The van der Waals surface area contributed by atoms with Gasteiger partial charge in [0.05, 0.1) is 12.7 Å². The maximum absolute atomic E-state index is 13.3. The SMILES string of the molecule is COc1ccc(C2Nc3ccc(Br)cc3C(=O)N2NC(=O)c2ccncc2)cc1. The molecule has 0 saturated heterocycles. The summed E-state index contributed by atoms with van der Waals surface area (Å²) in [5.41, 5.74) is 5.07. The molecule has 1 aliphatic heterocycles. The standard InChI is InChI=1S/C21H17BrN4O3/c1-29-16-5-2-13(3-6-16)19-24-18-7-4-15(22)12-17(18)21(28)26(19)25-20(27)14-8-10-23-11-9-14/h2-12,19,24H,1H3,(H,25,27). The zero-order valence-electron chi connectivity index (χ0n) is 15.4. The molecule has 1 aromatic heterocycles. The van der Waals surface area contributed by atoms with Gasteiger partial charge in [0.25, 0.3) is 11.8 Å². The molecule has 8 heteroatoms. The number of halogens is 1. The van der Waals surface area contributed by atoms with Crippen LogP contribution in [0.1, 0.15) is 32.4 Å². The minimum atomic E-state index is -0.590. The summed E-state index contributed by atoms with van der Waals surface area (Å²) in [6, 6.07) is 15.9. The number of nitrogens with zero attached hydrogens (tertiary/aromatic N) is 2. The van der Waals surface area contributed by atoms with Gasteiger partial charge in [0.2, 0.25) is 0 Å². The van der Waals surface area contributed by atoms with Crippen molar-refractivity contribution in [1.29, 1.82) is 0 Å². The van der Waals surface area contributed by atoms with Gasteiger partial charge >= 0.3 is 0 Å². The van der Waals surface area contributed by atoms with E-state index in [-0.39, 0.29) is 5.91 Å². The van der Waals surface area contributed by atoms with E-state index in [0.717, 1.165) is 10.0 Å². The van der Waals surface area contributed by atoms with Crippen LogP contribution in [0.25, 0.3) is 0 Å². The van der Waals surface area contributed by atoms with Crippen LogP contribution in [0.4, 0.5) is 5.69 Å². The van der Waals surface area contributed by atoms with Crippen LogP contribution in [-0.2, 0) is 0 Å². The first kappa shape index (κ1) is 18.9. The molecule has 0 fully saturated rings. The maximum atomic E-state index is 13.3. The molecule has 0 bridgehead atoms. The second-order valence-corrected chi connectivity index (χ2v) is 7.28. The Bertz CT molecular complexity index is 1060. The Hall–Kier alpha value is -3.39. The molecule has 1 aliphatic rings. The summed E-state index contributed by atoms with van der Waals surface area (Å²) < 4.78 is 5.99. The number of pyridine rings is 1. The number of methoxy groups -OCH3 is 1. The van der Waals surface area contributed by atoms with Crippen molar-refractivity contribution in [2.45, 2.75) is 6.17 Å². The van der Waals surface area contributed by atoms with Crippen LogP contribution in [0.5, 0.6) is 5.75 Å². The Kier molecular flexibility index (Phi) is 5.18. The molecule has 0 saturated carbocycles. The molecular weight excluding hydrogens is 436 g/mol. The molecule has 3 aromatic rings. The van der Waals surface area contributed by atoms with E-state index in [4.69, 9.17) is 4.74 Å². The Morgan fingerprint density at radius 3 is 2.55 bits per heavy atom. The third kappa shape index (κ3) is 3.79. The summed E-state index contributed by atoms with van der Waals surface area (Å²) in [6.07, 6.45) is 2.46. The second-order valence-electron chi connectivity index (χ2n) is 6.36. The summed E-state index contributed by atoms with van der Waals surface area (Å²) in [5, 5.41) is 4.64. The maximum Gasteiger partial charge on any atom is 0.276 e. The topological polar surface area (TPSA) is 83.6 Å². The zero-order valence-corrected chi connectivity index (χ0v) is 17.0. The van der Waals surface area contributed by atoms with Crippen molar-refractivity contribution in [3.63, 3.8) is 0 Å². The lowest BCUT2D eigenvalue weighted by molar-refractivity contribution is 0.0491. The number of hydrazine groups is 1. The van der Waals surface area contributed by atoms with Crippen molar-refractivity contribution in [2.75, 3.05) is 12.4 Å². The highest BCUT2D eigenvalue weighted by molar-refractivity contribution is 9.10. The number of amides is 2. The first-order chi connectivity index (χ1) is 14.1. The molecular formula is C21H17BrN4O3.